The molecule has 1 aromatic rings. The molecule has 0 saturated heterocycles. The highest BCUT2D eigenvalue weighted by atomic mass is 32.2. The molecule has 14 heavy (non-hydrogen) atoms. The summed E-state index contributed by atoms with van der Waals surface area (Å²) in [6, 6.07) is 3.39. The van der Waals surface area contributed by atoms with Gasteiger partial charge in [-0.05, 0) is 24.5 Å². The van der Waals surface area contributed by atoms with Gasteiger partial charge >= 0.3 is 0 Å². The lowest BCUT2D eigenvalue weighted by Crippen LogP contribution is -2.19. The summed E-state index contributed by atoms with van der Waals surface area (Å²) in [5.41, 5.74) is 6.20. The van der Waals surface area contributed by atoms with Gasteiger partial charge in [-0.1, -0.05) is 6.07 Å². The molecule has 0 amide bonds. The minimum absolute atomic E-state index is 0.415. The van der Waals surface area contributed by atoms with Crippen LogP contribution in [0.25, 0.3) is 0 Å². The van der Waals surface area contributed by atoms with Crippen LogP contribution in [0.5, 0.6) is 0 Å². The highest BCUT2D eigenvalue weighted by molar-refractivity contribution is 7.92. The van der Waals surface area contributed by atoms with Gasteiger partial charge in [-0.25, -0.2) is 13.4 Å². The third kappa shape index (κ3) is 1.28. The molecule has 1 fully saturated rings. The molecule has 0 unspecified atom stereocenters. The molecule has 1 aromatic heterocycles. The van der Waals surface area contributed by atoms with Crippen molar-refractivity contribution in [3.05, 3.63) is 23.9 Å². The lowest BCUT2D eigenvalue weighted by atomic mass is 10.2. The molecule has 5 heteroatoms. The molecule has 0 atom stereocenters. The Kier molecular flexibility index (Phi) is 1.82. The zero-order valence-corrected chi connectivity index (χ0v) is 8.71. The maximum atomic E-state index is 11.5. The third-order valence-electron chi connectivity index (χ3n) is 2.73. The van der Waals surface area contributed by atoms with Gasteiger partial charge in [0.1, 0.15) is 5.82 Å². The first-order valence-electron chi connectivity index (χ1n) is 4.37. The third-order valence-corrected chi connectivity index (χ3v) is 4.79. The van der Waals surface area contributed by atoms with E-state index in [1.165, 1.54) is 6.26 Å². The average molecular weight is 212 g/mol. The molecule has 1 aliphatic rings. The Morgan fingerprint density at radius 3 is 2.43 bits per heavy atom. The van der Waals surface area contributed by atoms with E-state index < -0.39 is 14.6 Å². The molecule has 0 aliphatic heterocycles. The maximum Gasteiger partial charge on any atom is 0.157 e. The van der Waals surface area contributed by atoms with E-state index in [1.54, 1.807) is 18.3 Å². The summed E-state index contributed by atoms with van der Waals surface area (Å²) in [6.45, 7) is 0. The molecule has 4 nitrogen and oxygen atoms in total. The first kappa shape index (κ1) is 9.45. The van der Waals surface area contributed by atoms with Crippen molar-refractivity contribution in [3.63, 3.8) is 0 Å². The number of anilines is 1. The Balaban J connectivity index is 2.46. The number of aromatic nitrogens is 1. The standard InChI is InChI=1S/C9H12N2O2S/c1-14(12,13)9(4-5-9)7-2-3-8(10)11-6-7/h2-3,6H,4-5H2,1H3,(H2,10,11). The monoisotopic (exact) mass is 212 g/mol. The van der Waals surface area contributed by atoms with Crippen LogP contribution in [0.4, 0.5) is 5.82 Å². The highest BCUT2D eigenvalue weighted by Crippen LogP contribution is 2.52. The lowest BCUT2D eigenvalue weighted by Gasteiger charge is -2.12. The molecule has 0 aromatic carbocycles. The second-order valence-corrected chi connectivity index (χ2v) is 6.06. The zero-order valence-electron chi connectivity index (χ0n) is 7.90. The number of nitrogens with zero attached hydrogens (tertiary/aromatic N) is 1. The van der Waals surface area contributed by atoms with Crippen molar-refractivity contribution in [2.24, 2.45) is 0 Å². The maximum absolute atomic E-state index is 11.5. The SMILES string of the molecule is CS(=O)(=O)C1(c2ccc(N)nc2)CC1. The molecule has 1 aliphatic carbocycles. The summed E-state index contributed by atoms with van der Waals surface area (Å²) in [5.74, 6) is 0.415. The predicted octanol–water partition coefficient (Wildman–Crippen LogP) is 0.698. The quantitative estimate of drug-likeness (QED) is 0.783. The topological polar surface area (TPSA) is 73.0 Å². The fraction of sp³-hybridized carbons (Fsp3) is 0.444. The van der Waals surface area contributed by atoms with E-state index in [1.807, 2.05) is 0 Å². The molecular weight excluding hydrogens is 200 g/mol. The molecule has 0 spiro atoms. The molecule has 0 radical (unpaired) electrons. The van der Waals surface area contributed by atoms with Crippen molar-refractivity contribution in [1.82, 2.24) is 4.98 Å². The van der Waals surface area contributed by atoms with Crippen LogP contribution in [0, 0.1) is 0 Å². The van der Waals surface area contributed by atoms with Gasteiger partial charge in [0.15, 0.2) is 9.84 Å². The van der Waals surface area contributed by atoms with Gasteiger partial charge in [0.2, 0.25) is 0 Å². The summed E-state index contributed by atoms with van der Waals surface area (Å²) in [7, 11) is -3.04. The second-order valence-electron chi connectivity index (χ2n) is 3.74. The highest BCUT2D eigenvalue weighted by Gasteiger charge is 2.53. The van der Waals surface area contributed by atoms with E-state index in [0.717, 1.165) is 5.56 Å². The van der Waals surface area contributed by atoms with Gasteiger partial charge in [-0.2, -0.15) is 0 Å². The smallest absolute Gasteiger partial charge is 0.157 e. The van der Waals surface area contributed by atoms with Crippen LogP contribution in [0.1, 0.15) is 18.4 Å². The van der Waals surface area contributed by atoms with Gasteiger partial charge < -0.3 is 5.73 Å². The van der Waals surface area contributed by atoms with Crippen LogP contribution in [0.15, 0.2) is 18.3 Å². The van der Waals surface area contributed by atoms with Crippen LogP contribution in [0.3, 0.4) is 0 Å². The second kappa shape index (κ2) is 2.70. The summed E-state index contributed by atoms with van der Waals surface area (Å²) in [6.07, 6.45) is 4.22. The van der Waals surface area contributed by atoms with E-state index in [-0.39, 0.29) is 0 Å². The van der Waals surface area contributed by atoms with Crippen molar-refractivity contribution < 1.29 is 8.42 Å². The fourth-order valence-electron chi connectivity index (χ4n) is 1.66. The number of nitrogen functional groups attached to an aromatic ring is 1. The van der Waals surface area contributed by atoms with Crippen molar-refractivity contribution in [2.45, 2.75) is 17.6 Å². The van der Waals surface area contributed by atoms with Crippen LogP contribution >= 0.6 is 0 Å². The van der Waals surface area contributed by atoms with Crippen molar-refractivity contribution in [3.8, 4) is 0 Å². The van der Waals surface area contributed by atoms with E-state index >= 15 is 0 Å². The molecule has 2 N–H and O–H groups in total. The lowest BCUT2D eigenvalue weighted by molar-refractivity contribution is 0.586. The minimum atomic E-state index is -3.04. The Morgan fingerprint density at radius 2 is 2.07 bits per heavy atom. The van der Waals surface area contributed by atoms with Crippen LogP contribution in [-0.4, -0.2) is 19.7 Å². The molecule has 0 bridgehead atoms. The van der Waals surface area contributed by atoms with Gasteiger partial charge in [-0.15, -0.1) is 0 Å². The Labute approximate surface area is 83.1 Å². The van der Waals surface area contributed by atoms with Crippen LogP contribution in [-0.2, 0) is 14.6 Å². The van der Waals surface area contributed by atoms with Crippen LogP contribution < -0.4 is 5.73 Å². The van der Waals surface area contributed by atoms with Gasteiger partial charge in [-0.3, -0.25) is 0 Å². The molecule has 2 rings (SSSR count). The Hall–Kier alpha value is -1.10. The minimum Gasteiger partial charge on any atom is -0.384 e. The number of nitrogens with two attached hydrogens (primary N) is 1. The molecule has 76 valence electrons. The Morgan fingerprint density at radius 1 is 1.43 bits per heavy atom. The first-order valence-corrected chi connectivity index (χ1v) is 6.26. The fourth-order valence-corrected chi connectivity index (χ4v) is 3.05. The van der Waals surface area contributed by atoms with Gasteiger partial charge in [0.05, 0.1) is 4.75 Å². The van der Waals surface area contributed by atoms with E-state index in [2.05, 4.69) is 4.98 Å². The summed E-state index contributed by atoms with van der Waals surface area (Å²) >= 11 is 0. The van der Waals surface area contributed by atoms with E-state index in [9.17, 15) is 8.42 Å². The molecule has 1 saturated carbocycles. The number of rotatable bonds is 2. The summed E-state index contributed by atoms with van der Waals surface area (Å²) in [5, 5.41) is 0. The largest absolute Gasteiger partial charge is 0.384 e. The predicted molar refractivity (Wildman–Crippen MR) is 54.4 cm³/mol. The van der Waals surface area contributed by atoms with Crippen molar-refractivity contribution in [1.29, 1.82) is 0 Å². The van der Waals surface area contributed by atoms with E-state index in [0.29, 0.717) is 18.7 Å². The van der Waals surface area contributed by atoms with E-state index in [4.69, 9.17) is 5.73 Å². The molecule has 1 heterocycles. The van der Waals surface area contributed by atoms with Crippen molar-refractivity contribution in [2.75, 3.05) is 12.0 Å². The zero-order chi connectivity index (χ0) is 10.4. The summed E-state index contributed by atoms with van der Waals surface area (Å²) < 4.78 is 22.4. The first-order chi connectivity index (χ1) is 6.46. The Bertz CT molecular complexity index is 446. The van der Waals surface area contributed by atoms with Crippen LogP contribution in [0.2, 0.25) is 0 Å². The van der Waals surface area contributed by atoms with Crippen molar-refractivity contribution >= 4 is 15.7 Å². The average Bonchev–Trinajstić information content (AvgIpc) is 2.84. The van der Waals surface area contributed by atoms with Gasteiger partial charge in [0, 0.05) is 12.5 Å². The number of hydrogen-bond donors (Lipinski definition) is 1. The number of pyridine rings is 1. The molecular formula is C9H12N2O2S. The normalized spacial score (nSPS) is 19.2. The van der Waals surface area contributed by atoms with Gasteiger partial charge in [0.25, 0.3) is 0 Å². The number of hydrogen-bond acceptors (Lipinski definition) is 4. The summed E-state index contributed by atoms with van der Waals surface area (Å²) in [4.78, 5) is 3.91. The number of sulfone groups is 1.